The summed E-state index contributed by atoms with van der Waals surface area (Å²) in [4.78, 5) is 16.3. The first-order valence-electron chi connectivity index (χ1n) is 8.33. The predicted molar refractivity (Wildman–Crippen MR) is 94.1 cm³/mol. The third-order valence-corrected chi connectivity index (χ3v) is 3.63. The first-order valence-corrected chi connectivity index (χ1v) is 8.33. The molecule has 9 heteroatoms. The van der Waals surface area contributed by atoms with E-state index in [0.29, 0.717) is 28.6 Å². The number of aromatic nitrogens is 2. The van der Waals surface area contributed by atoms with Gasteiger partial charge in [0.2, 0.25) is 11.7 Å². The van der Waals surface area contributed by atoms with Crippen molar-refractivity contribution in [3.05, 3.63) is 71.4 Å². The summed E-state index contributed by atoms with van der Waals surface area (Å²) in [7, 11) is 0. The molecule has 3 rings (SSSR count). The zero-order chi connectivity index (χ0) is 19.9. The van der Waals surface area contributed by atoms with E-state index in [1.807, 2.05) is 0 Å². The fraction of sp³-hybridized carbons (Fsp3) is 0.211. The quantitative estimate of drug-likeness (QED) is 0.635. The minimum absolute atomic E-state index is 0.0417. The molecule has 0 fully saturated rings. The van der Waals surface area contributed by atoms with Gasteiger partial charge in [-0.1, -0.05) is 17.3 Å². The monoisotopic (exact) mass is 389 g/mol. The number of aryl methyl sites for hydroxylation is 1. The van der Waals surface area contributed by atoms with Gasteiger partial charge in [-0.3, -0.25) is 4.79 Å². The summed E-state index contributed by atoms with van der Waals surface area (Å²) in [6.45, 7) is -0.879. The molecule has 1 aromatic heterocycles. The van der Waals surface area contributed by atoms with Gasteiger partial charge in [-0.2, -0.15) is 13.8 Å². The highest BCUT2D eigenvalue weighted by Gasteiger charge is 2.08. The van der Waals surface area contributed by atoms with E-state index in [1.54, 1.807) is 43.3 Å². The Morgan fingerprint density at radius 1 is 1.18 bits per heavy atom. The molecule has 1 heterocycles. The van der Waals surface area contributed by atoms with Crippen LogP contribution in [0.2, 0.25) is 0 Å². The van der Waals surface area contributed by atoms with E-state index in [1.165, 1.54) is 12.1 Å². The summed E-state index contributed by atoms with van der Waals surface area (Å²) in [5.74, 6) is 1.17. The summed E-state index contributed by atoms with van der Waals surface area (Å²) in [6.07, 6.45) is 0. The van der Waals surface area contributed by atoms with Gasteiger partial charge in [0.25, 0.3) is 5.91 Å². The highest BCUT2D eigenvalue weighted by Crippen LogP contribution is 2.17. The van der Waals surface area contributed by atoms with Crippen LogP contribution in [0, 0.1) is 6.92 Å². The van der Waals surface area contributed by atoms with E-state index in [2.05, 4.69) is 20.2 Å². The molecule has 1 N–H and O–H groups in total. The second-order valence-electron chi connectivity index (χ2n) is 5.75. The Balaban J connectivity index is 1.51. The van der Waals surface area contributed by atoms with Crippen molar-refractivity contribution in [3.63, 3.8) is 0 Å². The van der Waals surface area contributed by atoms with Crippen molar-refractivity contribution in [2.24, 2.45) is 0 Å². The molecule has 0 spiro atoms. The molecular formula is C19H17F2N3O4. The molecule has 3 aromatic rings. The van der Waals surface area contributed by atoms with Crippen LogP contribution < -0.4 is 14.8 Å². The zero-order valence-electron chi connectivity index (χ0n) is 14.9. The summed E-state index contributed by atoms with van der Waals surface area (Å²) < 4.78 is 39.2. The first-order chi connectivity index (χ1) is 13.5. The van der Waals surface area contributed by atoms with Gasteiger partial charge in [-0.05, 0) is 42.0 Å². The maximum absolute atomic E-state index is 12.3. The lowest BCUT2D eigenvalue weighted by Gasteiger charge is -2.09. The molecule has 0 radical (unpaired) electrons. The third-order valence-electron chi connectivity index (χ3n) is 3.63. The zero-order valence-corrected chi connectivity index (χ0v) is 14.9. The Hall–Kier alpha value is -3.49. The first kappa shape index (κ1) is 19.3. The maximum atomic E-state index is 12.3. The molecule has 146 valence electrons. The fourth-order valence-electron chi connectivity index (χ4n) is 2.37. The minimum Gasteiger partial charge on any atom is -0.485 e. The Morgan fingerprint density at radius 3 is 2.64 bits per heavy atom. The third kappa shape index (κ3) is 5.50. The number of alkyl halides is 2. The van der Waals surface area contributed by atoms with Crippen LogP contribution >= 0.6 is 0 Å². The topological polar surface area (TPSA) is 86.5 Å². The van der Waals surface area contributed by atoms with E-state index in [0.717, 1.165) is 0 Å². The Morgan fingerprint density at radius 2 is 1.96 bits per heavy atom. The molecule has 0 aliphatic rings. The van der Waals surface area contributed by atoms with Crippen molar-refractivity contribution in [2.45, 2.75) is 26.7 Å². The van der Waals surface area contributed by atoms with Crippen LogP contribution in [0.5, 0.6) is 11.5 Å². The second-order valence-corrected chi connectivity index (χ2v) is 5.75. The number of carbonyl (C=O) groups is 1. The molecule has 0 bridgehead atoms. The van der Waals surface area contributed by atoms with E-state index < -0.39 is 6.61 Å². The van der Waals surface area contributed by atoms with Crippen LogP contribution in [0.3, 0.4) is 0 Å². The van der Waals surface area contributed by atoms with Crippen LogP contribution in [0.15, 0.2) is 53.1 Å². The number of halogens is 2. The Labute approximate surface area is 159 Å². The van der Waals surface area contributed by atoms with Gasteiger partial charge in [0.15, 0.2) is 6.61 Å². The molecule has 0 saturated carbocycles. The summed E-state index contributed by atoms with van der Waals surface area (Å²) in [5, 5.41) is 6.45. The lowest BCUT2D eigenvalue weighted by atomic mass is 10.2. The molecule has 0 saturated heterocycles. The normalized spacial score (nSPS) is 10.7. The van der Waals surface area contributed by atoms with Crippen molar-refractivity contribution in [3.8, 4) is 11.5 Å². The van der Waals surface area contributed by atoms with Crippen molar-refractivity contribution < 1.29 is 27.6 Å². The van der Waals surface area contributed by atoms with Gasteiger partial charge in [0.1, 0.15) is 11.5 Å². The molecule has 28 heavy (non-hydrogen) atoms. The van der Waals surface area contributed by atoms with Gasteiger partial charge >= 0.3 is 6.61 Å². The lowest BCUT2D eigenvalue weighted by molar-refractivity contribution is -0.0498. The summed E-state index contributed by atoms with van der Waals surface area (Å²) in [6, 6.07) is 12.7. The SMILES string of the molecule is Cc1nc(COc2ccc(C(=O)NCc3cccc(OC(F)F)c3)cc2)no1. The smallest absolute Gasteiger partial charge is 0.387 e. The molecule has 1 amide bonds. The van der Waals surface area contributed by atoms with E-state index in [9.17, 15) is 13.6 Å². The van der Waals surface area contributed by atoms with Crippen LogP contribution in [-0.2, 0) is 13.2 Å². The minimum atomic E-state index is -2.89. The van der Waals surface area contributed by atoms with Crippen LogP contribution in [0.1, 0.15) is 27.6 Å². The number of hydrogen-bond acceptors (Lipinski definition) is 6. The van der Waals surface area contributed by atoms with Crippen molar-refractivity contribution in [2.75, 3.05) is 0 Å². The molecule has 0 aliphatic heterocycles. The molecular weight excluding hydrogens is 372 g/mol. The molecule has 7 nitrogen and oxygen atoms in total. The molecule has 2 aromatic carbocycles. The molecule has 0 aliphatic carbocycles. The van der Waals surface area contributed by atoms with Crippen LogP contribution in [0.4, 0.5) is 8.78 Å². The van der Waals surface area contributed by atoms with Gasteiger partial charge in [-0.15, -0.1) is 0 Å². The number of nitrogens with zero attached hydrogens (tertiary/aromatic N) is 2. The van der Waals surface area contributed by atoms with E-state index in [-0.39, 0.29) is 24.8 Å². The lowest BCUT2D eigenvalue weighted by Crippen LogP contribution is -2.22. The Bertz CT molecular complexity index is 929. The number of hydrogen-bond donors (Lipinski definition) is 1. The number of ether oxygens (including phenoxy) is 2. The number of amides is 1. The van der Waals surface area contributed by atoms with Gasteiger partial charge in [0.05, 0.1) is 0 Å². The standard InChI is InChI=1S/C19H17F2N3O4/c1-12-23-17(24-28-12)11-26-15-7-5-14(6-8-15)18(25)22-10-13-3-2-4-16(9-13)27-19(20)21/h2-9,19H,10-11H2,1H3,(H,22,25). The number of nitrogens with one attached hydrogen (secondary N) is 1. The number of rotatable bonds is 8. The van der Waals surface area contributed by atoms with E-state index in [4.69, 9.17) is 9.26 Å². The van der Waals surface area contributed by atoms with Gasteiger partial charge in [-0.25, -0.2) is 0 Å². The largest absolute Gasteiger partial charge is 0.485 e. The molecule has 0 unspecified atom stereocenters. The highest BCUT2D eigenvalue weighted by molar-refractivity contribution is 5.94. The molecule has 0 atom stereocenters. The van der Waals surface area contributed by atoms with E-state index >= 15 is 0 Å². The number of benzene rings is 2. The average molecular weight is 389 g/mol. The second kappa shape index (κ2) is 8.94. The maximum Gasteiger partial charge on any atom is 0.387 e. The Kier molecular flexibility index (Phi) is 6.15. The van der Waals surface area contributed by atoms with Crippen molar-refractivity contribution in [1.29, 1.82) is 0 Å². The highest BCUT2D eigenvalue weighted by atomic mass is 19.3. The summed E-state index contributed by atoms with van der Waals surface area (Å²) >= 11 is 0. The predicted octanol–water partition coefficient (Wildman–Crippen LogP) is 3.49. The number of carbonyl (C=O) groups excluding carboxylic acids is 1. The van der Waals surface area contributed by atoms with Gasteiger partial charge < -0.3 is 19.3 Å². The van der Waals surface area contributed by atoms with Gasteiger partial charge in [0, 0.05) is 19.0 Å². The van der Waals surface area contributed by atoms with Crippen LogP contribution in [0.25, 0.3) is 0 Å². The fourth-order valence-corrected chi connectivity index (χ4v) is 2.37. The average Bonchev–Trinajstić information content (AvgIpc) is 3.10. The summed E-state index contributed by atoms with van der Waals surface area (Å²) in [5.41, 5.74) is 1.07. The van der Waals surface area contributed by atoms with Crippen LogP contribution in [-0.4, -0.2) is 22.7 Å². The van der Waals surface area contributed by atoms with Crippen molar-refractivity contribution >= 4 is 5.91 Å². The van der Waals surface area contributed by atoms with Crippen molar-refractivity contribution in [1.82, 2.24) is 15.5 Å².